The van der Waals surface area contributed by atoms with Crippen molar-refractivity contribution in [3.63, 3.8) is 0 Å². The molecule has 1 aliphatic heterocycles. The molecular weight excluding hydrogens is 433 g/mol. The third-order valence-electron chi connectivity index (χ3n) is 4.56. The Labute approximate surface area is 180 Å². The minimum Gasteiger partial charge on any atom is -0.324 e. The highest BCUT2D eigenvalue weighted by Crippen LogP contribution is 2.32. The number of nitrogens with one attached hydrogen (secondary N) is 1. The number of imide groups is 1. The zero-order valence-corrected chi connectivity index (χ0v) is 17.3. The maximum absolute atomic E-state index is 12.7. The van der Waals surface area contributed by atoms with Gasteiger partial charge in [-0.15, -0.1) is 11.3 Å². The predicted molar refractivity (Wildman–Crippen MR) is 113 cm³/mol. The minimum absolute atomic E-state index is 0.136. The Balaban J connectivity index is 1.51. The van der Waals surface area contributed by atoms with Crippen LogP contribution in [-0.4, -0.2) is 33.6 Å². The van der Waals surface area contributed by atoms with Crippen molar-refractivity contribution in [2.24, 2.45) is 0 Å². The molecule has 1 unspecified atom stereocenters. The molecule has 146 valence electrons. The van der Waals surface area contributed by atoms with Crippen LogP contribution >= 0.6 is 34.5 Å². The van der Waals surface area contributed by atoms with Gasteiger partial charge in [-0.3, -0.25) is 19.3 Å². The number of aromatic nitrogens is 1. The molecule has 0 spiro atoms. The molecule has 0 fully saturated rings. The average Bonchev–Trinajstić information content (AvgIpc) is 3.31. The van der Waals surface area contributed by atoms with Gasteiger partial charge in [0.1, 0.15) is 11.0 Å². The number of carbonyl (C=O) groups excluding carboxylic acids is 3. The van der Waals surface area contributed by atoms with Gasteiger partial charge in [-0.05, 0) is 43.3 Å². The Morgan fingerprint density at radius 1 is 1.07 bits per heavy atom. The summed E-state index contributed by atoms with van der Waals surface area (Å²) in [5.41, 5.74) is 1.75. The summed E-state index contributed by atoms with van der Waals surface area (Å²) in [6, 6.07) is 8.84. The Hall–Kier alpha value is -2.74. The normalized spacial score (nSPS) is 14.1. The van der Waals surface area contributed by atoms with E-state index in [1.54, 1.807) is 18.3 Å². The molecule has 2 aromatic carbocycles. The summed E-state index contributed by atoms with van der Waals surface area (Å²) in [4.78, 5) is 43.1. The van der Waals surface area contributed by atoms with Gasteiger partial charge in [0.15, 0.2) is 0 Å². The first-order chi connectivity index (χ1) is 13.9. The van der Waals surface area contributed by atoms with E-state index in [9.17, 15) is 14.4 Å². The fourth-order valence-corrected chi connectivity index (χ4v) is 4.00. The number of halogens is 2. The monoisotopic (exact) mass is 445 g/mol. The molecule has 0 radical (unpaired) electrons. The first-order valence-corrected chi connectivity index (χ1v) is 10.2. The fourth-order valence-electron chi connectivity index (χ4n) is 3.03. The number of thiazole rings is 1. The number of fused-ring (bicyclic) bond motifs is 1. The smallest absolute Gasteiger partial charge is 0.262 e. The lowest BCUT2D eigenvalue weighted by Crippen LogP contribution is -2.45. The number of amides is 3. The Morgan fingerprint density at radius 3 is 2.17 bits per heavy atom. The van der Waals surface area contributed by atoms with E-state index in [0.29, 0.717) is 5.69 Å². The molecule has 0 bridgehead atoms. The van der Waals surface area contributed by atoms with E-state index >= 15 is 0 Å². The Bertz CT molecular complexity index is 1090. The van der Waals surface area contributed by atoms with E-state index in [2.05, 4.69) is 10.3 Å². The van der Waals surface area contributed by atoms with Crippen molar-refractivity contribution in [1.29, 1.82) is 0 Å². The van der Waals surface area contributed by atoms with Gasteiger partial charge >= 0.3 is 0 Å². The van der Waals surface area contributed by atoms with Gasteiger partial charge in [-0.1, -0.05) is 23.2 Å². The maximum atomic E-state index is 12.7. The minimum atomic E-state index is -1.02. The summed E-state index contributed by atoms with van der Waals surface area (Å²) >= 11 is 13.4. The third-order valence-corrected chi connectivity index (χ3v) is 6.10. The van der Waals surface area contributed by atoms with E-state index < -0.39 is 23.8 Å². The molecule has 29 heavy (non-hydrogen) atoms. The van der Waals surface area contributed by atoms with Gasteiger partial charge in [0.2, 0.25) is 5.91 Å². The van der Waals surface area contributed by atoms with Crippen molar-refractivity contribution < 1.29 is 14.4 Å². The molecule has 4 rings (SSSR count). The molecule has 3 amide bonds. The second-order valence-electron chi connectivity index (χ2n) is 6.37. The molecule has 1 aromatic heterocycles. The van der Waals surface area contributed by atoms with Crippen molar-refractivity contribution in [3.8, 4) is 10.6 Å². The van der Waals surface area contributed by atoms with Gasteiger partial charge in [-0.25, -0.2) is 4.98 Å². The van der Waals surface area contributed by atoms with Gasteiger partial charge in [0, 0.05) is 22.8 Å². The second kappa shape index (κ2) is 7.59. The quantitative estimate of drug-likeness (QED) is 0.588. The number of carbonyl (C=O) groups is 3. The standard InChI is InChI=1S/C20H13Cl2N3O3S/c1-10(25-19(27)13-8-15(21)16(22)9-14(13)20(25)28)17(26)24-12-4-2-11(3-5-12)18-23-6-7-29-18/h2-10H,1H3,(H,24,26). The molecule has 2 heterocycles. The Morgan fingerprint density at radius 2 is 1.66 bits per heavy atom. The van der Waals surface area contributed by atoms with Gasteiger partial charge < -0.3 is 5.32 Å². The molecule has 1 N–H and O–H groups in total. The second-order valence-corrected chi connectivity index (χ2v) is 8.08. The lowest BCUT2D eigenvalue weighted by molar-refractivity contribution is -0.119. The van der Waals surface area contributed by atoms with Crippen molar-refractivity contribution in [3.05, 3.63) is 69.1 Å². The van der Waals surface area contributed by atoms with E-state index in [-0.39, 0.29) is 21.2 Å². The van der Waals surface area contributed by atoms with Crippen molar-refractivity contribution in [1.82, 2.24) is 9.88 Å². The van der Waals surface area contributed by atoms with Crippen LogP contribution in [0, 0.1) is 0 Å². The van der Waals surface area contributed by atoms with E-state index in [1.807, 2.05) is 17.5 Å². The van der Waals surface area contributed by atoms with E-state index in [4.69, 9.17) is 23.2 Å². The van der Waals surface area contributed by atoms with Crippen molar-refractivity contribution in [2.75, 3.05) is 5.32 Å². The van der Waals surface area contributed by atoms with Crippen LogP contribution in [0.25, 0.3) is 10.6 Å². The molecular formula is C20H13Cl2N3O3S. The van der Waals surface area contributed by atoms with Crippen molar-refractivity contribution in [2.45, 2.75) is 13.0 Å². The molecule has 0 aliphatic carbocycles. The summed E-state index contributed by atoms with van der Waals surface area (Å²) in [7, 11) is 0. The molecule has 0 saturated carbocycles. The highest BCUT2D eigenvalue weighted by Gasteiger charge is 2.41. The van der Waals surface area contributed by atoms with Crippen LogP contribution in [0.5, 0.6) is 0 Å². The molecule has 0 saturated heterocycles. The summed E-state index contributed by atoms with van der Waals surface area (Å²) in [5, 5.41) is 5.83. The fraction of sp³-hybridized carbons (Fsp3) is 0.100. The van der Waals surface area contributed by atoms with Crippen LogP contribution in [0.15, 0.2) is 48.0 Å². The largest absolute Gasteiger partial charge is 0.324 e. The average molecular weight is 446 g/mol. The number of rotatable bonds is 4. The molecule has 1 atom stereocenters. The molecule has 6 nitrogen and oxygen atoms in total. The van der Waals surface area contributed by atoms with Gasteiger partial charge in [-0.2, -0.15) is 0 Å². The predicted octanol–water partition coefficient (Wildman–Crippen LogP) is 4.74. The number of hydrogen-bond donors (Lipinski definition) is 1. The zero-order chi connectivity index (χ0) is 20.7. The van der Waals surface area contributed by atoms with E-state index in [1.165, 1.54) is 30.4 Å². The summed E-state index contributed by atoms with van der Waals surface area (Å²) in [6.07, 6.45) is 1.72. The number of nitrogens with zero attached hydrogens (tertiary/aromatic N) is 2. The van der Waals surface area contributed by atoms with Crippen LogP contribution in [0.3, 0.4) is 0 Å². The highest BCUT2D eigenvalue weighted by molar-refractivity contribution is 7.13. The molecule has 1 aliphatic rings. The highest BCUT2D eigenvalue weighted by atomic mass is 35.5. The van der Waals surface area contributed by atoms with Crippen LogP contribution < -0.4 is 5.32 Å². The lowest BCUT2D eigenvalue weighted by Gasteiger charge is -2.21. The van der Waals surface area contributed by atoms with Crippen LogP contribution in [0.2, 0.25) is 10.0 Å². The number of anilines is 1. The Kier molecular flexibility index (Phi) is 5.12. The van der Waals surface area contributed by atoms with Gasteiger partial charge in [0.05, 0.1) is 21.2 Å². The summed E-state index contributed by atoms with van der Waals surface area (Å²) in [6.45, 7) is 1.49. The maximum Gasteiger partial charge on any atom is 0.262 e. The summed E-state index contributed by atoms with van der Waals surface area (Å²) < 4.78 is 0. The topological polar surface area (TPSA) is 79.4 Å². The van der Waals surface area contributed by atoms with Crippen LogP contribution in [-0.2, 0) is 4.79 Å². The lowest BCUT2D eigenvalue weighted by atomic mass is 10.1. The van der Waals surface area contributed by atoms with Crippen LogP contribution in [0.1, 0.15) is 27.6 Å². The van der Waals surface area contributed by atoms with Crippen LogP contribution in [0.4, 0.5) is 5.69 Å². The first kappa shape index (κ1) is 19.6. The number of hydrogen-bond acceptors (Lipinski definition) is 5. The molecule has 3 aromatic rings. The number of benzene rings is 2. The third kappa shape index (κ3) is 3.53. The van der Waals surface area contributed by atoms with Gasteiger partial charge in [0.25, 0.3) is 11.8 Å². The molecule has 9 heteroatoms. The van der Waals surface area contributed by atoms with Crippen molar-refractivity contribution >= 4 is 57.9 Å². The van der Waals surface area contributed by atoms with E-state index in [0.717, 1.165) is 15.5 Å². The first-order valence-electron chi connectivity index (χ1n) is 8.54. The summed E-state index contributed by atoms with van der Waals surface area (Å²) in [5.74, 6) is -1.64. The SMILES string of the molecule is CC(C(=O)Nc1ccc(-c2nccs2)cc1)N1C(=O)c2cc(Cl)c(Cl)cc2C1=O. The zero-order valence-electron chi connectivity index (χ0n) is 15.0.